The standard InChI is InChI=1S/C13H18O6/c1-8(2)9(3)16-6-5-12(14)17-7-11-10(4)18-13(15)19-11/h8H,3,5-7H2,1-2,4H3. The predicted molar refractivity (Wildman–Crippen MR) is 66.3 cm³/mol. The first kappa shape index (κ1) is 15.1. The molecule has 0 N–H and O–H groups in total. The maximum atomic E-state index is 11.4. The van der Waals surface area contributed by atoms with E-state index in [-0.39, 0.29) is 31.3 Å². The van der Waals surface area contributed by atoms with Crippen LogP contribution in [0.5, 0.6) is 0 Å². The number of ether oxygens (including phenoxy) is 2. The summed E-state index contributed by atoms with van der Waals surface area (Å²) >= 11 is 0. The highest BCUT2D eigenvalue weighted by atomic mass is 16.6. The van der Waals surface area contributed by atoms with Gasteiger partial charge in [0.25, 0.3) is 0 Å². The lowest BCUT2D eigenvalue weighted by Crippen LogP contribution is -2.09. The molecule has 1 rings (SSSR count). The monoisotopic (exact) mass is 270 g/mol. The Labute approximate surface area is 111 Å². The smallest absolute Gasteiger partial charge is 0.498 e. The molecular formula is C13H18O6. The van der Waals surface area contributed by atoms with Crippen molar-refractivity contribution in [2.24, 2.45) is 5.92 Å². The summed E-state index contributed by atoms with van der Waals surface area (Å²) < 4.78 is 19.5. The van der Waals surface area contributed by atoms with Crippen LogP contribution < -0.4 is 5.82 Å². The molecule has 0 aliphatic rings. The SMILES string of the molecule is C=C(OCCC(=O)OCc1oc(=O)oc1C)C(C)C. The first-order valence-corrected chi connectivity index (χ1v) is 5.96. The molecule has 0 fully saturated rings. The number of allylic oxidation sites excluding steroid dienone is 1. The molecule has 19 heavy (non-hydrogen) atoms. The van der Waals surface area contributed by atoms with Gasteiger partial charge in [0.15, 0.2) is 18.1 Å². The third-order valence-corrected chi connectivity index (χ3v) is 2.44. The predicted octanol–water partition coefficient (Wildman–Crippen LogP) is 2.16. The molecule has 0 spiro atoms. The number of carbonyl (C=O) groups excluding carboxylic acids is 1. The topological polar surface area (TPSA) is 78.9 Å². The normalized spacial score (nSPS) is 10.5. The Balaban J connectivity index is 2.27. The Morgan fingerprint density at radius 2 is 2.00 bits per heavy atom. The van der Waals surface area contributed by atoms with Gasteiger partial charge in [0.1, 0.15) is 0 Å². The van der Waals surface area contributed by atoms with Crippen LogP contribution in [-0.4, -0.2) is 12.6 Å². The number of hydrogen-bond acceptors (Lipinski definition) is 6. The summed E-state index contributed by atoms with van der Waals surface area (Å²) in [5.41, 5.74) is 0. The van der Waals surface area contributed by atoms with E-state index in [9.17, 15) is 9.59 Å². The summed E-state index contributed by atoms with van der Waals surface area (Å²) in [6.07, 6.45) is 0.104. The number of carbonyl (C=O) groups is 1. The average molecular weight is 270 g/mol. The minimum atomic E-state index is -0.805. The van der Waals surface area contributed by atoms with E-state index in [1.54, 1.807) is 6.92 Å². The molecule has 0 atom stereocenters. The zero-order valence-electron chi connectivity index (χ0n) is 11.4. The number of esters is 1. The van der Waals surface area contributed by atoms with Gasteiger partial charge in [-0.1, -0.05) is 20.4 Å². The number of hydrogen-bond donors (Lipinski definition) is 0. The first-order chi connectivity index (χ1) is 8.90. The molecule has 1 aromatic heterocycles. The van der Waals surface area contributed by atoms with E-state index in [2.05, 4.69) is 11.0 Å². The van der Waals surface area contributed by atoms with E-state index in [4.69, 9.17) is 13.9 Å². The largest absolute Gasteiger partial charge is 0.519 e. The molecule has 0 saturated carbocycles. The minimum absolute atomic E-state index is 0.104. The Kier molecular flexibility index (Phi) is 5.41. The van der Waals surface area contributed by atoms with E-state index >= 15 is 0 Å². The van der Waals surface area contributed by atoms with E-state index in [1.807, 2.05) is 13.8 Å². The molecule has 0 radical (unpaired) electrons. The summed E-state index contributed by atoms with van der Waals surface area (Å²) in [6.45, 7) is 9.27. The third kappa shape index (κ3) is 5.03. The lowest BCUT2D eigenvalue weighted by atomic mass is 10.2. The number of aryl methyl sites for hydroxylation is 1. The second-order valence-electron chi connectivity index (χ2n) is 4.31. The fourth-order valence-electron chi connectivity index (χ4n) is 1.16. The van der Waals surface area contributed by atoms with Crippen molar-refractivity contribution in [2.45, 2.75) is 33.8 Å². The van der Waals surface area contributed by atoms with Gasteiger partial charge in [0.05, 0.1) is 18.8 Å². The van der Waals surface area contributed by atoms with Gasteiger partial charge >= 0.3 is 11.8 Å². The van der Waals surface area contributed by atoms with Crippen molar-refractivity contribution in [3.05, 3.63) is 34.5 Å². The molecule has 1 heterocycles. The quantitative estimate of drug-likeness (QED) is 0.558. The van der Waals surface area contributed by atoms with Crippen LogP contribution in [0, 0.1) is 12.8 Å². The van der Waals surface area contributed by atoms with E-state index in [0.717, 1.165) is 0 Å². The fraction of sp³-hybridized carbons (Fsp3) is 0.538. The van der Waals surface area contributed by atoms with E-state index < -0.39 is 11.8 Å². The molecule has 0 bridgehead atoms. The van der Waals surface area contributed by atoms with Crippen LogP contribution in [0.3, 0.4) is 0 Å². The van der Waals surface area contributed by atoms with Crippen LogP contribution in [0.4, 0.5) is 0 Å². The molecular weight excluding hydrogens is 252 g/mol. The van der Waals surface area contributed by atoms with Gasteiger partial charge in [0, 0.05) is 5.92 Å². The minimum Gasteiger partial charge on any atom is -0.498 e. The molecule has 6 nitrogen and oxygen atoms in total. The summed E-state index contributed by atoms with van der Waals surface area (Å²) in [7, 11) is 0. The second-order valence-corrected chi connectivity index (χ2v) is 4.31. The van der Waals surface area contributed by atoms with Crippen molar-refractivity contribution >= 4 is 5.97 Å². The maximum absolute atomic E-state index is 11.4. The molecule has 0 unspecified atom stereocenters. The maximum Gasteiger partial charge on any atom is 0.519 e. The summed E-state index contributed by atoms with van der Waals surface area (Å²) in [5, 5.41) is 0. The van der Waals surface area contributed by atoms with Crippen molar-refractivity contribution in [3.63, 3.8) is 0 Å². The molecule has 6 heteroatoms. The van der Waals surface area contributed by atoms with Crippen molar-refractivity contribution in [1.29, 1.82) is 0 Å². The van der Waals surface area contributed by atoms with Gasteiger partial charge in [0.2, 0.25) is 0 Å². The summed E-state index contributed by atoms with van der Waals surface area (Å²) in [5.74, 6) is 0.108. The molecule has 0 aliphatic heterocycles. The Morgan fingerprint density at radius 3 is 2.53 bits per heavy atom. The van der Waals surface area contributed by atoms with Crippen LogP contribution >= 0.6 is 0 Å². The highest BCUT2D eigenvalue weighted by Gasteiger charge is 2.11. The van der Waals surface area contributed by atoms with Crippen LogP contribution in [0.25, 0.3) is 0 Å². The summed E-state index contributed by atoms with van der Waals surface area (Å²) in [4.78, 5) is 22.2. The van der Waals surface area contributed by atoms with Crippen molar-refractivity contribution in [2.75, 3.05) is 6.61 Å². The third-order valence-electron chi connectivity index (χ3n) is 2.44. The second kappa shape index (κ2) is 6.82. The van der Waals surface area contributed by atoms with Gasteiger partial charge in [-0.3, -0.25) is 4.79 Å². The van der Waals surface area contributed by atoms with Crippen LogP contribution in [0.2, 0.25) is 0 Å². The zero-order valence-corrected chi connectivity index (χ0v) is 11.4. The molecule has 0 saturated heterocycles. The van der Waals surface area contributed by atoms with Gasteiger partial charge in [-0.15, -0.1) is 0 Å². The molecule has 0 aliphatic carbocycles. The molecule has 106 valence electrons. The average Bonchev–Trinajstić information content (AvgIpc) is 2.65. The Hall–Kier alpha value is -1.98. The van der Waals surface area contributed by atoms with Gasteiger partial charge < -0.3 is 18.3 Å². The van der Waals surface area contributed by atoms with Gasteiger partial charge in [-0.2, -0.15) is 0 Å². The van der Waals surface area contributed by atoms with Crippen LogP contribution in [-0.2, 0) is 20.9 Å². The van der Waals surface area contributed by atoms with E-state index in [1.165, 1.54) is 0 Å². The molecule has 0 aromatic carbocycles. The first-order valence-electron chi connectivity index (χ1n) is 5.96. The summed E-state index contributed by atoms with van der Waals surface area (Å²) in [6, 6.07) is 0. The Bertz CT molecular complexity index is 493. The van der Waals surface area contributed by atoms with Gasteiger partial charge in [-0.25, -0.2) is 4.79 Å². The highest BCUT2D eigenvalue weighted by molar-refractivity contribution is 5.69. The fourth-order valence-corrected chi connectivity index (χ4v) is 1.16. The van der Waals surface area contributed by atoms with Crippen LogP contribution in [0.1, 0.15) is 31.8 Å². The number of rotatable bonds is 7. The molecule has 1 aromatic rings. The lowest BCUT2D eigenvalue weighted by molar-refractivity contribution is -0.146. The van der Waals surface area contributed by atoms with Crippen molar-refractivity contribution in [3.8, 4) is 0 Å². The van der Waals surface area contributed by atoms with E-state index in [0.29, 0.717) is 11.5 Å². The highest BCUT2D eigenvalue weighted by Crippen LogP contribution is 2.09. The Morgan fingerprint density at radius 1 is 1.32 bits per heavy atom. The molecule has 0 amide bonds. The van der Waals surface area contributed by atoms with Crippen molar-refractivity contribution in [1.82, 2.24) is 0 Å². The lowest BCUT2D eigenvalue weighted by Gasteiger charge is -2.11. The van der Waals surface area contributed by atoms with Gasteiger partial charge in [-0.05, 0) is 6.92 Å². The zero-order chi connectivity index (χ0) is 14.4. The van der Waals surface area contributed by atoms with Crippen molar-refractivity contribution < 1.29 is 23.1 Å². The van der Waals surface area contributed by atoms with Crippen LogP contribution in [0.15, 0.2) is 26.0 Å².